The van der Waals surface area contributed by atoms with Gasteiger partial charge in [-0.2, -0.15) is 5.26 Å². The second-order valence-corrected chi connectivity index (χ2v) is 5.17. The molecule has 0 saturated carbocycles. The first-order valence-electron chi connectivity index (χ1n) is 5.36. The molecule has 0 aliphatic rings. The quantitative estimate of drug-likeness (QED) is 0.685. The van der Waals surface area contributed by atoms with Crippen LogP contribution in [0.3, 0.4) is 0 Å². The van der Waals surface area contributed by atoms with E-state index in [-0.39, 0.29) is 0 Å². The first-order valence-corrected chi connectivity index (χ1v) is 7.27. The van der Waals surface area contributed by atoms with Gasteiger partial charge in [-0.15, -0.1) is 0 Å². The van der Waals surface area contributed by atoms with Gasteiger partial charge < -0.3 is 4.74 Å². The monoisotopic (exact) mass is 383 g/mol. The van der Waals surface area contributed by atoms with Crippen LogP contribution in [0.5, 0.6) is 11.5 Å². The topological polar surface area (TPSA) is 33.0 Å². The number of alkyl halides is 1. The molecule has 0 aromatic heterocycles. The Balaban J connectivity index is 2.38. The molecule has 0 fully saturated rings. The lowest BCUT2D eigenvalue weighted by Gasteiger charge is -2.10. The molecular formula is C14H8Br2FNO. The summed E-state index contributed by atoms with van der Waals surface area (Å²) < 4.78 is 19.4. The van der Waals surface area contributed by atoms with E-state index < -0.39 is 5.82 Å². The third kappa shape index (κ3) is 3.34. The SMILES string of the molecule is N#Cc1cc(CBr)ccc1Oc1cc(F)ccc1Br. The fourth-order valence-corrected chi connectivity index (χ4v) is 2.19. The highest BCUT2D eigenvalue weighted by Gasteiger charge is 2.09. The molecule has 0 saturated heterocycles. The van der Waals surface area contributed by atoms with Gasteiger partial charge in [0.25, 0.3) is 0 Å². The summed E-state index contributed by atoms with van der Waals surface area (Å²) in [5, 5.41) is 9.77. The van der Waals surface area contributed by atoms with Gasteiger partial charge in [0.1, 0.15) is 23.4 Å². The van der Waals surface area contributed by atoms with E-state index in [2.05, 4.69) is 37.9 Å². The van der Waals surface area contributed by atoms with Crippen LogP contribution in [-0.2, 0) is 5.33 Å². The molecule has 0 aliphatic heterocycles. The normalized spacial score (nSPS) is 10.0. The van der Waals surface area contributed by atoms with Gasteiger partial charge in [0, 0.05) is 11.4 Å². The zero-order valence-electron chi connectivity index (χ0n) is 9.66. The number of nitrogens with zero attached hydrogens (tertiary/aromatic N) is 1. The van der Waals surface area contributed by atoms with Crippen LogP contribution in [0, 0.1) is 17.1 Å². The molecule has 0 bridgehead atoms. The van der Waals surface area contributed by atoms with Crippen LogP contribution in [0.15, 0.2) is 40.9 Å². The Kier molecular flexibility index (Phi) is 4.56. The molecule has 0 N–H and O–H groups in total. The number of halogens is 3. The van der Waals surface area contributed by atoms with E-state index in [0.29, 0.717) is 26.9 Å². The van der Waals surface area contributed by atoms with Gasteiger partial charge in [-0.25, -0.2) is 4.39 Å². The summed E-state index contributed by atoms with van der Waals surface area (Å²) in [4.78, 5) is 0. The average molecular weight is 385 g/mol. The number of rotatable bonds is 3. The van der Waals surface area contributed by atoms with E-state index in [0.717, 1.165) is 5.56 Å². The summed E-state index contributed by atoms with van der Waals surface area (Å²) in [6, 6.07) is 11.5. The lowest BCUT2D eigenvalue weighted by Crippen LogP contribution is -1.91. The molecule has 19 heavy (non-hydrogen) atoms. The molecule has 0 amide bonds. The molecule has 96 valence electrons. The highest BCUT2D eigenvalue weighted by atomic mass is 79.9. The van der Waals surface area contributed by atoms with Crippen molar-refractivity contribution in [1.82, 2.24) is 0 Å². The van der Waals surface area contributed by atoms with E-state index in [9.17, 15) is 4.39 Å². The predicted octanol–water partition coefficient (Wildman–Crippen LogP) is 5.15. The van der Waals surface area contributed by atoms with Crippen molar-refractivity contribution in [1.29, 1.82) is 5.26 Å². The second kappa shape index (κ2) is 6.18. The number of hydrogen-bond donors (Lipinski definition) is 0. The van der Waals surface area contributed by atoms with E-state index in [1.54, 1.807) is 18.2 Å². The fourth-order valence-electron chi connectivity index (χ4n) is 1.51. The Morgan fingerprint density at radius 1 is 1.16 bits per heavy atom. The van der Waals surface area contributed by atoms with E-state index >= 15 is 0 Å². The van der Waals surface area contributed by atoms with Crippen LogP contribution >= 0.6 is 31.9 Å². The number of nitriles is 1. The molecule has 0 spiro atoms. The summed E-state index contributed by atoms with van der Waals surface area (Å²) in [6.45, 7) is 0. The van der Waals surface area contributed by atoms with Crippen LogP contribution in [0.1, 0.15) is 11.1 Å². The number of benzene rings is 2. The molecular weight excluding hydrogens is 377 g/mol. The highest BCUT2D eigenvalue weighted by molar-refractivity contribution is 9.10. The first-order chi connectivity index (χ1) is 9.13. The molecule has 2 aromatic rings. The van der Waals surface area contributed by atoms with Crippen molar-refractivity contribution in [3.05, 3.63) is 57.8 Å². The zero-order valence-corrected chi connectivity index (χ0v) is 12.8. The van der Waals surface area contributed by atoms with Gasteiger partial charge in [0.15, 0.2) is 0 Å². The standard InChI is InChI=1S/C14H8Br2FNO/c15-7-9-1-4-13(10(5-9)8-18)19-14-6-11(17)2-3-12(14)16/h1-6H,7H2. The number of ether oxygens (including phenoxy) is 1. The van der Waals surface area contributed by atoms with E-state index in [1.165, 1.54) is 12.1 Å². The summed E-state index contributed by atoms with van der Waals surface area (Å²) in [5.74, 6) is 0.343. The third-order valence-corrected chi connectivity index (χ3v) is 3.73. The molecule has 2 aromatic carbocycles. The van der Waals surface area contributed by atoms with Crippen molar-refractivity contribution in [2.75, 3.05) is 0 Å². The molecule has 2 rings (SSSR count). The molecule has 0 unspecified atom stereocenters. The van der Waals surface area contributed by atoms with Gasteiger partial charge in [-0.1, -0.05) is 22.0 Å². The van der Waals surface area contributed by atoms with E-state index in [1.807, 2.05) is 6.07 Å². The summed E-state index contributed by atoms with van der Waals surface area (Å²) in [6.07, 6.45) is 0. The summed E-state index contributed by atoms with van der Waals surface area (Å²) >= 11 is 6.61. The maximum atomic E-state index is 13.2. The van der Waals surface area contributed by atoms with Gasteiger partial charge in [-0.3, -0.25) is 0 Å². The Morgan fingerprint density at radius 2 is 1.95 bits per heavy atom. The van der Waals surface area contributed by atoms with Crippen LogP contribution in [-0.4, -0.2) is 0 Å². The van der Waals surface area contributed by atoms with E-state index in [4.69, 9.17) is 10.00 Å². The van der Waals surface area contributed by atoms with Gasteiger partial charge in [0.05, 0.1) is 10.0 Å². The lowest BCUT2D eigenvalue weighted by molar-refractivity contribution is 0.472. The number of hydrogen-bond acceptors (Lipinski definition) is 2. The molecule has 2 nitrogen and oxygen atoms in total. The molecule has 0 heterocycles. The largest absolute Gasteiger partial charge is 0.455 e. The fraction of sp³-hybridized carbons (Fsp3) is 0.0714. The van der Waals surface area contributed by atoms with Crippen LogP contribution in [0.25, 0.3) is 0 Å². The molecule has 5 heteroatoms. The summed E-state index contributed by atoms with van der Waals surface area (Å²) in [7, 11) is 0. The van der Waals surface area contributed by atoms with Crippen molar-refractivity contribution >= 4 is 31.9 Å². The van der Waals surface area contributed by atoms with Crippen molar-refractivity contribution < 1.29 is 9.13 Å². The maximum absolute atomic E-state index is 13.2. The third-order valence-electron chi connectivity index (χ3n) is 2.43. The Bertz CT molecular complexity index is 652. The molecule has 0 radical (unpaired) electrons. The van der Waals surface area contributed by atoms with Crippen molar-refractivity contribution in [3.8, 4) is 17.6 Å². The molecule has 0 aliphatic carbocycles. The predicted molar refractivity (Wildman–Crippen MR) is 78.0 cm³/mol. The smallest absolute Gasteiger partial charge is 0.145 e. The summed E-state index contributed by atoms with van der Waals surface area (Å²) in [5.41, 5.74) is 1.38. The minimum atomic E-state index is -0.395. The highest BCUT2D eigenvalue weighted by Crippen LogP contribution is 2.32. The maximum Gasteiger partial charge on any atom is 0.145 e. The van der Waals surface area contributed by atoms with Gasteiger partial charge in [-0.05, 0) is 45.8 Å². The Morgan fingerprint density at radius 3 is 2.63 bits per heavy atom. The molecule has 0 atom stereocenters. The average Bonchev–Trinajstić information content (AvgIpc) is 2.43. The first kappa shape index (κ1) is 14.0. The van der Waals surface area contributed by atoms with Gasteiger partial charge >= 0.3 is 0 Å². The lowest BCUT2D eigenvalue weighted by atomic mass is 10.1. The van der Waals surface area contributed by atoms with Crippen molar-refractivity contribution in [3.63, 3.8) is 0 Å². The minimum absolute atomic E-state index is 0.336. The Labute approximate surface area is 127 Å². The van der Waals surface area contributed by atoms with Crippen molar-refractivity contribution in [2.45, 2.75) is 5.33 Å². The van der Waals surface area contributed by atoms with Crippen LogP contribution < -0.4 is 4.74 Å². The van der Waals surface area contributed by atoms with Gasteiger partial charge in [0.2, 0.25) is 0 Å². The second-order valence-electron chi connectivity index (χ2n) is 3.75. The van der Waals surface area contributed by atoms with Crippen LogP contribution in [0.2, 0.25) is 0 Å². The minimum Gasteiger partial charge on any atom is -0.455 e. The van der Waals surface area contributed by atoms with Crippen molar-refractivity contribution in [2.24, 2.45) is 0 Å². The Hall–Kier alpha value is -1.38. The van der Waals surface area contributed by atoms with Crippen LogP contribution in [0.4, 0.5) is 4.39 Å². The zero-order chi connectivity index (χ0) is 13.8.